The third-order valence-corrected chi connectivity index (χ3v) is 3.67. The molecule has 0 spiro atoms. The average molecular weight is 396 g/mol. The van der Waals surface area contributed by atoms with Crippen LogP contribution in [0.25, 0.3) is 6.08 Å². The number of hydrogen-bond acceptors (Lipinski definition) is 11. The molecule has 12 heteroatoms. The third kappa shape index (κ3) is 4.88. The molecule has 152 valence electrons. The van der Waals surface area contributed by atoms with Gasteiger partial charge in [-0.3, -0.25) is 9.59 Å². The maximum absolute atomic E-state index is 12.3. The molecule has 0 aliphatic carbocycles. The molecule has 0 saturated carbocycles. The van der Waals surface area contributed by atoms with Crippen molar-refractivity contribution in [3.05, 3.63) is 29.9 Å². The maximum atomic E-state index is 12.3. The number of aliphatic hydroxyl groups is 5. The number of furan rings is 1. The van der Waals surface area contributed by atoms with Crippen molar-refractivity contribution >= 4 is 30.1 Å². The third-order valence-electron chi connectivity index (χ3n) is 3.67. The van der Waals surface area contributed by atoms with Crippen LogP contribution in [0.3, 0.4) is 0 Å². The number of carbonyl (C=O) groups excluding carboxylic acids is 2. The van der Waals surface area contributed by atoms with Gasteiger partial charge in [0.1, 0.15) is 35.9 Å². The van der Waals surface area contributed by atoms with Gasteiger partial charge in [-0.1, -0.05) is 0 Å². The average Bonchev–Trinajstić information content (AvgIpc) is 3.28. The molecule has 0 aromatic carbocycles. The lowest BCUT2D eigenvalue weighted by atomic mass is 10.0. The van der Waals surface area contributed by atoms with Crippen LogP contribution in [0.2, 0.25) is 0 Å². The molecule has 0 fully saturated rings. The zero-order valence-electron chi connectivity index (χ0n) is 14.7. The van der Waals surface area contributed by atoms with E-state index in [1.807, 2.05) is 0 Å². The van der Waals surface area contributed by atoms with Crippen LogP contribution in [0.4, 0.5) is 0 Å². The molecule has 0 saturated heterocycles. The van der Waals surface area contributed by atoms with Crippen molar-refractivity contribution in [2.45, 2.75) is 31.3 Å². The summed E-state index contributed by atoms with van der Waals surface area (Å²) in [7, 11) is 0. The molecule has 0 unspecified atom stereocenters. The second-order valence-electron chi connectivity index (χ2n) is 5.75. The molecule has 2 rings (SSSR count). The molecule has 1 aliphatic rings. The number of imide groups is 1. The quantitative estimate of drug-likeness (QED) is 0.163. The first kappa shape index (κ1) is 21.4. The van der Waals surface area contributed by atoms with Gasteiger partial charge in [0.25, 0.3) is 5.91 Å². The van der Waals surface area contributed by atoms with Gasteiger partial charge in [0.15, 0.2) is 0 Å². The Hall–Kier alpha value is -2.90. The van der Waals surface area contributed by atoms with Crippen LogP contribution in [0, 0.1) is 0 Å². The van der Waals surface area contributed by atoms with Crippen molar-refractivity contribution in [2.75, 3.05) is 6.61 Å². The number of hydrazone groups is 1. The number of carbonyl (C=O) groups is 2. The molecule has 0 radical (unpaired) electrons. The van der Waals surface area contributed by atoms with E-state index in [0.29, 0.717) is 10.7 Å². The van der Waals surface area contributed by atoms with Crippen LogP contribution >= 0.6 is 0 Å². The molecule has 12 nitrogen and oxygen atoms in total. The minimum Gasteiger partial charge on any atom is -0.465 e. The smallest absolute Gasteiger partial charge is 0.286 e. The van der Waals surface area contributed by atoms with Gasteiger partial charge in [-0.2, -0.15) is 5.10 Å². The highest BCUT2D eigenvalue weighted by molar-refractivity contribution is 6.22. The molecule has 1 aromatic rings. The number of nitrogens with zero attached hydrogens (tertiary/aromatic N) is 3. The van der Waals surface area contributed by atoms with E-state index in [1.165, 1.54) is 12.3 Å². The summed E-state index contributed by atoms with van der Waals surface area (Å²) in [5.41, 5.74) is 2.20. The fourth-order valence-corrected chi connectivity index (χ4v) is 2.19. The Morgan fingerprint density at radius 3 is 2.64 bits per heavy atom. The van der Waals surface area contributed by atoms with Gasteiger partial charge in [0.05, 0.1) is 19.1 Å². The summed E-state index contributed by atoms with van der Waals surface area (Å²) in [5, 5.41) is 50.5. The molecule has 6 N–H and O–H groups in total. The normalized spacial score (nSPS) is 20.4. The first-order valence-electron chi connectivity index (χ1n) is 8.07. The number of aliphatic hydroxyl groups excluding tert-OH is 5. The predicted octanol–water partition coefficient (Wildman–Crippen LogP) is -2.62. The lowest BCUT2D eigenvalue weighted by Crippen LogP contribution is -2.47. The maximum Gasteiger partial charge on any atom is 0.286 e. The first-order chi connectivity index (χ1) is 13.3. The van der Waals surface area contributed by atoms with Gasteiger partial charge in [-0.05, 0) is 12.1 Å². The van der Waals surface area contributed by atoms with E-state index in [2.05, 4.69) is 15.5 Å². The summed E-state index contributed by atoms with van der Waals surface area (Å²) in [6.07, 6.45) is -3.59. The number of nitrogens with one attached hydrogen (secondary N) is 1. The molecule has 0 bridgehead atoms. The number of aliphatic imine (C=N–C) groups is 1. The van der Waals surface area contributed by atoms with Gasteiger partial charge in [-0.15, -0.1) is 0 Å². The van der Waals surface area contributed by atoms with Crippen molar-refractivity contribution < 1.29 is 39.5 Å². The van der Waals surface area contributed by atoms with Crippen LogP contribution in [0.1, 0.15) is 12.7 Å². The monoisotopic (exact) mass is 396 g/mol. The summed E-state index contributed by atoms with van der Waals surface area (Å²) in [6.45, 7) is 0.317. The van der Waals surface area contributed by atoms with Crippen molar-refractivity contribution in [1.82, 2.24) is 10.3 Å². The Morgan fingerprint density at radius 2 is 2.07 bits per heavy atom. The Kier molecular flexibility index (Phi) is 7.14. The van der Waals surface area contributed by atoms with Crippen LogP contribution in [0.5, 0.6) is 0 Å². The van der Waals surface area contributed by atoms with E-state index in [9.17, 15) is 30.0 Å². The number of guanidine groups is 1. The first-order valence-corrected chi connectivity index (χ1v) is 8.07. The topological polar surface area (TPSA) is 188 Å². The van der Waals surface area contributed by atoms with Gasteiger partial charge in [-0.25, -0.2) is 15.3 Å². The van der Waals surface area contributed by atoms with Crippen molar-refractivity contribution in [1.29, 1.82) is 0 Å². The number of hydrogen-bond donors (Lipinski definition) is 6. The molecule has 2 heterocycles. The van der Waals surface area contributed by atoms with Crippen molar-refractivity contribution in [2.24, 2.45) is 10.1 Å². The van der Waals surface area contributed by atoms with E-state index < -0.39 is 42.8 Å². The lowest BCUT2D eigenvalue weighted by Gasteiger charge is -2.23. The van der Waals surface area contributed by atoms with E-state index in [4.69, 9.17) is 9.52 Å². The predicted molar refractivity (Wildman–Crippen MR) is 94.4 cm³/mol. The molecule has 28 heavy (non-hydrogen) atoms. The van der Waals surface area contributed by atoms with Crippen LogP contribution < -0.4 is 5.43 Å². The van der Waals surface area contributed by atoms with Crippen LogP contribution in [-0.4, -0.2) is 85.4 Å². The van der Waals surface area contributed by atoms with Gasteiger partial charge in [0, 0.05) is 13.0 Å². The Labute approximate surface area is 158 Å². The highest BCUT2D eigenvalue weighted by Gasteiger charge is 2.34. The zero-order valence-corrected chi connectivity index (χ0v) is 14.7. The summed E-state index contributed by atoms with van der Waals surface area (Å²) < 4.78 is 5.09. The molecule has 2 amide bonds. The van der Waals surface area contributed by atoms with E-state index in [0.717, 1.165) is 13.1 Å². The van der Waals surface area contributed by atoms with Gasteiger partial charge in [0.2, 0.25) is 11.9 Å². The summed E-state index contributed by atoms with van der Waals surface area (Å²) in [5.74, 6) is -1.26. The zero-order chi connectivity index (χ0) is 20.8. The van der Waals surface area contributed by atoms with E-state index in [-0.39, 0.29) is 11.7 Å². The summed E-state index contributed by atoms with van der Waals surface area (Å²) in [6, 6.07) is 3.19. The highest BCUT2D eigenvalue weighted by Crippen LogP contribution is 2.18. The molecular weight excluding hydrogens is 376 g/mol. The summed E-state index contributed by atoms with van der Waals surface area (Å²) in [4.78, 5) is 28.7. The molecule has 1 aliphatic heterocycles. The largest absolute Gasteiger partial charge is 0.465 e. The molecule has 1 aromatic heterocycles. The van der Waals surface area contributed by atoms with Crippen molar-refractivity contribution in [3.8, 4) is 0 Å². The minimum atomic E-state index is -1.85. The van der Waals surface area contributed by atoms with E-state index >= 15 is 0 Å². The molecular formula is C16H20N4O8. The van der Waals surface area contributed by atoms with Crippen LogP contribution in [0.15, 0.2) is 38.6 Å². The molecule has 4 atom stereocenters. The lowest BCUT2D eigenvalue weighted by molar-refractivity contribution is -0.135. The summed E-state index contributed by atoms with van der Waals surface area (Å²) >= 11 is 0. The van der Waals surface area contributed by atoms with Gasteiger partial charge < -0.3 is 29.9 Å². The Morgan fingerprint density at radius 1 is 1.36 bits per heavy atom. The second kappa shape index (κ2) is 9.34. The Balaban J connectivity index is 2.11. The van der Waals surface area contributed by atoms with Crippen molar-refractivity contribution in [3.63, 3.8) is 0 Å². The highest BCUT2D eigenvalue weighted by atomic mass is 16.4. The number of amides is 2. The fraction of sp³-hybridized carbons (Fsp3) is 0.375. The van der Waals surface area contributed by atoms with Gasteiger partial charge >= 0.3 is 0 Å². The SMILES string of the molecule is CC(=O)N1C(=O)/C(=C/c2ccco2)N=C1N/N=C/[C@@H](O)[C@@H](O)[C@H](O)[C@H](O)CO. The Bertz CT molecular complexity index is 789. The fourth-order valence-electron chi connectivity index (χ4n) is 2.19. The second-order valence-corrected chi connectivity index (χ2v) is 5.75. The minimum absolute atomic E-state index is 0.0927. The number of rotatable bonds is 7. The standard InChI is InChI=1S/C16H20N4O8/c1-8(22)20-15(27)10(5-9-3-2-4-28-9)18-16(20)19-17-6-11(23)13(25)14(26)12(24)7-21/h2-6,11-14,21,23-26H,7H2,1H3,(H,18,19)/b10-5-,17-6+/t11-,12-,13-,14-/m1/s1. The van der Waals surface area contributed by atoms with E-state index in [1.54, 1.807) is 12.1 Å². The van der Waals surface area contributed by atoms with Crippen LogP contribution in [-0.2, 0) is 9.59 Å².